The molecule has 0 bridgehead atoms. The normalized spacial score (nSPS) is 11.5. The second kappa shape index (κ2) is 8.52. The summed E-state index contributed by atoms with van der Waals surface area (Å²) in [6, 6.07) is 37.7. The number of fused-ring (bicyclic) bond motifs is 4. The zero-order valence-electron chi connectivity index (χ0n) is 19.0. The van der Waals surface area contributed by atoms with Crippen molar-refractivity contribution in [3.63, 3.8) is 0 Å². The maximum Gasteiger partial charge on any atom is 0.226 e. The first-order chi connectivity index (χ1) is 17.8. The summed E-state index contributed by atoms with van der Waals surface area (Å²) in [5.74, 6) is 1.13. The minimum Gasteiger partial charge on any atom is -0.208 e. The van der Waals surface area contributed by atoms with Gasteiger partial charge in [0.25, 0.3) is 0 Å². The van der Waals surface area contributed by atoms with Crippen LogP contribution in [0.4, 0.5) is 0 Å². The van der Waals surface area contributed by atoms with Crippen molar-refractivity contribution in [2.24, 2.45) is 0 Å². The Hall–Kier alpha value is -4.12. The quantitative estimate of drug-likeness (QED) is 0.243. The predicted molar refractivity (Wildman–Crippen MR) is 152 cm³/mol. The van der Waals surface area contributed by atoms with Crippen LogP contribution in [0.5, 0.6) is 0 Å². The molecule has 170 valence electrons. The van der Waals surface area contributed by atoms with E-state index in [2.05, 4.69) is 88.8 Å². The summed E-state index contributed by atoms with van der Waals surface area (Å²) < 4.78 is 2.60. The van der Waals surface area contributed by atoms with Gasteiger partial charge in [-0.15, -0.1) is 11.3 Å². The molecule has 3 nitrogen and oxygen atoms in total. The van der Waals surface area contributed by atoms with Gasteiger partial charge in [-0.3, -0.25) is 0 Å². The highest BCUT2D eigenvalue weighted by Crippen LogP contribution is 2.43. The average Bonchev–Trinajstić information content (AvgIpc) is 3.32. The van der Waals surface area contributed by atoms with Gasteiger partial charge in [0.15, 0.2) is 11.6 Å². The number of aromatic nitrogens is 3. The van der Waals surface area contributed by atoms with Crippen LogP contribution in [0.25, 0.3) is 64.8 Å². The molecule has 0 saturated carbocycles. The Morgan fingerprint density at radius 3 is 1.94 bits per heavy atom. The zero-order chi connectivity index (χ0) is 24.1. The van der Waals surface area contributed by atoms with Crippen molar-refractivity contribution >= 4 is 53.9 Å². The fourth-order valence-electron chi connectivity index (χ4n) is 4.88. The van der Waals surface area contributed by atoms with Crippen molar-refractivity contribution in [1.29, 1.82) is 0 Å². The number of benzene rings is 5. The SMILES string of the molecule is Clc1nc(-c2ccccc2)nc(-c2ccc(-c3cccc4c3sc3ccccc34)c3ccccc23)n1. The molecule has 0 atom stereocenters. The first-order valence-electron chi connectivity index (χ1n) is 11.7. The second-order valence-corrected chi connectivity index (χ2v) is 9.99. The monoisotopic (exact) mass is 499 g/mol. The average molecular weight is 500 g/mol. The minimum atomic E-state index is 0.182. The highest BCUT2D eigenvalue weighted by molar-refractivity contribution is 7.26. The fraction of sp³-hybridized carbons (Fsp3) is 0. The summed E-state index contributed by atoms with van der Waals surface area (Å²) >= 11 is 8.21. The van der Waals surface area contributed by atoms with Crippen LogP contribution < -0.4 is 0 Å². The molecule has 5 heteroatoms. The molecule has 0 amide bonds. The third kappa shape index (κ3) is 3.46. The van der Waals surface area contributed by atoms with Crippen molar-refractivity contribution < 1.29 is 0 Å². The summed E-state index contributed by atoms with van der Waals surface area (Å²) in [6.07, 6.45) is 0. The van der Waals surface area contributed by atoms with Crippen molar-refractivity contribution in [3.8, 4) is 33.9 Å². The Kier molecular flexibility index (Phi) is 5.01. The molecule has 0 N–H and O–H groups in total. The van der Waals surface area contributed by atoms with Crippen molar-refractivity contribution in [2.75, 3.05) is 0 Å². The van der Waals surface area contributed by atoms with E-state index in [4.69, 9.17) is 16.6 Å². The van der Waals surface area contributed by atoms with E-state index in [1.807, 2.05) is 41.7 Å². The number of rotatable bonds is 3. The molecule has 0 radical (unpaired) electrons. The Balaban J connectivity index is 1.46. The van der Waals surface area contributed by atoms with Crippen LogP contribution in [0.15, 0.2) is 109 Å². The van der Waals surface area contributed by atoms with Crippen LogP contribution in [-0.2, 0) is 0 Å². The van der Waals surface area contributed by atoms with Gasteiger partial charge >= 0.3 is 0 Å². The summed E-state index contributed by atoms with van der Waals surface area (Å²) in [7, 11) is 0. The van der Waals surface area contributed by atoms with E-state index in [-0.39, 0.29) is 5.28 Å². The summed E-state index contributed by atoms with van der Waals surface area (Å²) in [5, 5.41) is 5.00. The number of halogens is 1. The van der Waals surface area contributed by atoms with E-state index in [1.54, 1.807) is 0 Å². The van der Waals surface area contributed by atoms with Gasteiger partial charge in [0.05, 0.1) is 0 Å². The number of hydrogen-bond donors (Lipinski definition) is 0. The highest BCUT2D eigenvalue weighted by Gasteiger charge is 2.16. The summed E-state index contributed by atoms with van der Waals surface area (Å²) in [5.41, 5.74) is 4.25. The standard InChI is InChI=1S/C31H18ClN3S/c32-31-34-29(19-9-2-1-3-10-19)33-30(35-31)26-18-17-22(20-11-4-5-12-21(20)26)24-14-8-15-25-23-13-6-7-16-27(23)36-28(24)25/h1-18H. The van der Waals surface area contributed by atoms with Gasteiger partial charge in [-0.25, -0.2) is 4.98 Å². The third-order valence-corrected chi connectivity index (χ3v) is 7.89. The first-order valence-corrected chi connectivity index (χ1v) is 12.9. The maximum atomic E-state index is 6.37. The van der Waals surface area contributed by atoms with Crippen molar-refractivity contribution in [2.45, 2.75) is 0 Å². The Morgan fingerprint density at radius 1 is 0.472 bits per heavy atom. The molecule has 2 heterocycles. The molecule has 7 aromatic rings. The maximum absolute atomic E-state index is 6.37. The third-order valence-electron chi connectivity index (χ3n) is 6.50. The lowest BCUT2D eigenvalue weighted by atomic mass is 9.94. The number of thiophene rings is 1. The lowest BCUT2D eigenvalue weighted by Gasteiger charge is -2.12. The Morgan fingerprint density at radius 2 is 1.11 bits per heavy atom. The highest BCUT2D eigenvalue weighted by atomic mass is 35.5. The summed E-state index contributed by atoms with van der Waals surface area (Å²) in [4.78, 5) is 13.7. The summed E-state index contributed by atoms with van der Waals surface area (Å²) in [6.45, 7) is 0. The van der Waals surface area contributed by atoms with Crippen LogP contribution in [0.2, 0.25) is 5.28 Å². The minimum absolute atomic E-state index is 0.182. The van der Waals surface area contributed by atoms with E-state index in [0.29, 0.717) is 11.6 Å². The molecule has 0 saturated heterocycles. The number of hydrogen-bond acceptors (Lipinski definition) is 4. The lowest BCUT2D eigenvalue weighted by Crippen LogP contribution is -1.98. The van der Waals surface area contributed by atoms with Crippen molar-refractivity contribution in [3.05, 3.63) is 114 Å². The van der Waals surface area contributed by atoms with E-state index in [1.165, 1.54) is 31.3 Å². The predicted octanol–water partition coefficient (Wildman–Crippen LogP) is 9.05. The fourth-order valence-corrected chi connectivity index (χ4v) is 6.27. The van der Waals surface area contributed by atoms with Crippen LogP contribution >= 0.6 is 22.9 Å². The molecule has 0 aliphatic carbocycles. The van der Waals surface area contributed by atoms with E-state index >= 15 is 0 Å². The van der Waals surface area contributed by atoms with Crippen LogP contribution in [-0.4, -0.2) is 15.0 Å². The second-order valence-electron chi connectivity index (χ2n) is 8.60. The largest absolute Gasteiger partial charge is 0.226 e. The molecule has 0 aliphatic heterocycles. The molecular weight excluding hydrogens is 482 g/mol. The topological polar surface area (TPSA) is 38.7 Å². The van der Waals surface area contributed by atoms with Crippen molar-refractivity contribution in [1.82, 2.24) is 15.0 Å². The van der Waals surface area contributed by atoms with Gasteiger partial charge < -0.3 is 0 Å². The Labute approximate surface area is 216 Å². The molecule has 0 unspecified atom stereocenters. The molecule has 7 rings (SSSR count). The molecular formula is C31H18ClN3S. The molecule has 0 spiro atoms. The molecule has 2 aromatic heterocycles. The van der Waals surface area contributed by atoms with E-state index in [9.17, 15) is 0 Å². The smallest absolute Gasteiger partial charge is 0.208 e. The van der Waals surface area contributed by atoms with Gasteiger partial charge in [0, 0.05) is 36.9 Å². The van der Waals surface area contributed by atoms with E-state index < -0.39 is 0 Å². The van der Waals surface area contributed by atoms with Crippen LogP contribution in [0.1, 0.15) is 0 Å². The Bertz CT molecular complexity index is 1910. The van der Waals surface area contributed by atoms with Gasteiger partial charge in [-0.05, 0) is 40.1 Å². The molecule has 36 heavy (non-hydrogen) atoms. The van der Waals surface area contributed by atoms with Gasteiger partial charge in [0.1, 0.15) is 0 Å². The van der Waals surface area contributed by atoms with Gasteiger partial charge in [0.2, 0.25) is 5.28 Å². The molecule has 5 aromatic carbocycles. The number of nitrogens with zero attached hydrogens (tertiary/aromatic N) is 3. The molecule has 0 aliphatic rings. The lowest BCUT2D eigenvalue weighted by molar-refractivity contribution is 1.07. The first kappa shape index (κ1) is 21.2. The van der Waals surface area contributed by atoms with E-state index in [0.717, 1.165) is 21.9 Å². The van der Waals surface area contributed by atoms with Crippen LogP contribution in [0.3, 0.4) is 0 Å². The van der Waals surface area contributed by atoms with Gasteiger partial charge in [-0.2, -0.15) is 9.97 Å². The molecule has 0 fully saturated rings. The van der Waals surface area contributed by atoms with Gasteiger partial charge in [-0.1, -0.05) is 97.1 Å². The van der Waals surface area contributed by atoms with Crippen LogP contribution in [0, 0.1) is 0 Å². The zero-order valence-corrected chi connectivity index (χ0v) is 20.6.